The topological polar surface area (TPSA) is 34.0 Å². The summed E-state index contributed by atoms with van der Waals surface area (Å²) in [5.41, 5.74) is 3.97. The van der Waals surface area contributed by atoms with Crippen LogP contribution < -0.4 is 5.32 Å². The SMILES string of the molecule is Cc1c(C(=O)NCC(C)C)cc(-c2ccc(Cl)cc2)n1-c1ccc(F)cc1. The number of hydrogen-bond acceptors (Lipinski definition) is 1. The van der Waals surface area contributed by atoms with E-state index in [4.69, 9.17) is 11.6 Å². The van der Waals surface area contributed by atoms with Gasteiger partial charge in [-0.3, -0.25) is 4.79 Å². The lowest BCUT2D eigenvalue weighted by atomic mass is 10.1. The highest BCUT2D eigenvalue weighted by Crippen LogP contribution is 2.30. The van der Waals surface area contributed by atoms with Crippen molar-refractivity contribution in [2.75, 3.05) is 6.54 Å². The number of nitrogens with one attached hydrogen (secondary N) is 1. The molecule has 27 heavy (non-hydrogen) atoms. The summed E-state index contributed by atoms with van der Waals surface area (Å²) in [6.45, 7) is 6.61. The molecule has 140 valence electrons. The molecule has 3 nitrogen and oxygen atoms in total. The Morgan fingerprint density at radius 3 is 2.33 bits per heavy atom. The minimum absolute atomic E-state index is 0.114. The molecule has 0 radical (unpaired) electrons. The van der Waals surface area contributed by atoms with E-state index < -0.39 is 0 Å². The molecule has 3 aromatic rings. The summed E-state index contributed by atoms with van der Waals surface area (Å²) in [5.74, 6) is -0.0482. The predicted octanol–water partition coefficient (Wildman–Crippen LogP) is 5.63. The van der Waals surface area contributed by atoms with Crippen molar-refractivity contribution >= 4 is 17.5 Å². The van der Waals surface area contributed by atoms with Crippen LogP contribution >= 0.6 is 11.6 Å². The van der Waals surface area contributed by atoms with E-state index in [9.17, 15) is 9.18 Å². The molecule has 2 aromatic carbocycles. The molecule has 1 aromatic heterocycles. The molecule has 0 aliphatic carbocycles. The third kappa shape index (κ3) is 4.22. The molecule has 0 unspecified atom stereocenters. The van der Waals surface area contributed by atoms with Gasteiger partial charge in [-0.25, -0.2) is 4.39 Å². The van der Waals surface area contributed by atoms with E-state index in [1.807, 2.05) is 41.8 Å². The van der Waals surface area contributed by atoms with Gasteiger partial charge in [-0.15, -0.1) is 0 Å². The van der Waals surface area contributed by atoms with Gasteiger partial charge >= 0.3 is 0 Å². The third-order valence-corrected chi connectivity index (χ3v) is 4.64. The lowest BCUT2D eigenvalue weighted by Crippen LogP contribution is -2.27. The van der Waals surface area contributed by atoms with Gasteiger partial charge in [0, 0.05) is 22.9 Å². The van der Waals surface area contributed by atoms with E-state index in [2.05, 4.69) is 19.2 Å². The summed E-state index contributed by atoms with van der Waals surface area (Å²) in [4.78, 5) is 12.7. The first kappa shape index (κ1) is 19.2. The summed E-state index contributed by atoms with van der Waals surface area (Å²) in [7, 11) is 0. The zero-order valence-electron chi connectivity index (χ0n) is 15.6. The summed E-state index contributed by atoms with van der Waals surface area (Å²) >= 11 is 6.02. The summed E-state index contributed by atoms with van der Waals surface area (Å²) in [5, 5.41) is 3.61. The van der Waals surface area contributed by atoms with E-state index >= 15 is 0 Å². The van der Waals surface area contributed by atoms with Gasteiger partial charge in [0.15, 0.2) is 0 Å². The summed E-state index contributed by atoms with van der Waals surface area (Å²) < 4.78 is 15.4. The monoisotopic (exact) mass is 384 g/mol. The number of carbonyl (C=O) groups is 1. The fraction of sp³-hybridized carbons (Fsp3) is 0.227. The quantitative estimate of drug-likeness (QED) is 0.607. The largest absolute Gasteiger partial charge is 0.352 e. The lowest BCUT2D eigenvalue weighted by molar-refractivity contribution is 0.0948. The fourth-order valence-corrected chi connectivity index (χ4v) is 3.11. The van der Waals surface area contributed by atoms with Crippen molar-refractivity contribution in [2.24, 2.45) is 5.92 Å². The Morgan fingerprint density at radius 1 is 1.11 bits per heavy atom. The Labute approximate surface area is 163 Å². The smallest absolute Gasteiger partial charge is 0.253 e. The minimum atomic E-state index is -0.300. The second-order valence-electron chi connectivity index (χ2n) is 6.95. The van der Waals surface area contributed by atoms with Crippen molar-refractivity contribution in [1.29, 1.82) is 0 Å². The molecule has 3 rings (SSSR count). The van der Waals surface area contributed by atoms with Gasteiger partial charge in [-0.2, -0.15) is 0 Å². The van der Waals surface area contributed by atoms with Crippen LogP contribution in [-0.2, 0) is 0 Å². The van der Waals surface area contributed by atoms with Crippen LogP contribution in [0.25, 0.3) is 16.9 Å². The normalized spacial score (nSPS) is 11.0. The van der Waals surface area contributed by atoms with Crippen LogP contribution in [0.4, 0.5) is 4.39 Å². The maximum absolute atomic E-state index is 13.4. The summed E-state index contributed by atoms with van der Waals surface area (Å²) in [6, 6.07) is 15.6. The highest BCUT2D eigenvalue weighted by molar-refractivity contribution is 6.30. The van der Waals surface area contributed by atoms with Gasteiger partial charge in [-0.05, 0) is 60.9 Å². The first-order valence-corrected chi connectivity index (χ1v) is 9.27. The van der Waals surface area contributed by atoms with E-state index in [1.54, 1.807) is 12.1 Å². The van der Waals surface area contributed by atoms with E-state index in [0.717, 1.165) is 22.6 Å². The maximum atomic E-state index is 13.4. The standard InChI is InChI=1S/C22H22ClFN2O/c1-14(2)13-25-22(27)20-12-21(16-4-6-17(23)7-5-16)26(15(20)3)19-10-8-18(24)9-11-19/h4-12,14H,13H2,1-3H3,(H,25,27). The Bertz CT molecular complexity index is 944. The average molecular weight is 385 g/mol. The molecule has 5 heteroatoms. The molecule has 1 heterocycles. The van der Waals surface area contributed by atoms with Crippen molar-refractivity contribution in [3.63, 3.8) is 0 Å². The number of carbonyl (C=O) groups excluding carboxylic acids is 1. The molecular weight excluding hydrogens is 363 g/mol. The Kier molecular flexibility index (Phi) is 5.66. The molecule has 0 atom stereocenters. The Balaban J connectivity index is 2.12. The maximum Gasteiger partial charge on any atom is 0.253 e. The average Bonchev–Trinajstić information content (AvgIpc) is 2.98. The van der Waals surface area contributed by atoms with Crippen molar-refractivity contribution in [3.8, 4) is 16.9 Å². The molecule has 1 N–H and O–H groups in total. The van der Waals surface area contributed by atoms with Gasteiger partial charge in [0.25, 0.3) is 5.91 Å². The second kappa shape index (κ2) is 7.97. The van der Waals surface area contributed by atoms with Crippen LogP contribution in [0.2, 0.25) is 5.02 Å². The van der Waals surface area contributed by atoms with Crippen LogP contribution in [0.1, 0.15) is 29.9 Å². The number of aromatic nitrogens is 1. The summed E-state index contributed by atoms with van der Waals surface area (Å²) in [6.07, 6.45) is 0. The first-order valence-electron chi connectivity index (χ1n) is 8.89. The number of benzene rings is 2. The lowest BCUT2D eigenvalue weighted by Gasteiger charge is -2.13. The molecule has 0 spiro atoms. The van der Waals surface area contributed by atoms with Crippen LogP contribution in [-0.4, -0.2) is 17.0 Å². The van der Waals surface area contributed by atoms with Crippen molar-refractivity contribution in [1.82, 2.24) is 9.88 Å². The number of nitrogens with zero attached hydrogens (tertiary/aromatic N) is 1. The molecular formula is C22H22ClFN2O. The molecule has 0 saturated carbocycles. The number of rotatable bonds is 5. The number of halogens is 2. The second-order valence-corrected chi connectivity index (χ2v) is 7.39. The van der Waals surface area contributed by atoms with Crippen LogP contribution in [0.15, 0.2) is 54.6 Å². The van der Waals surface area contributed by atoms with Crippen LogP contribution in [0.5, 0.6) is 0 Å². The molecule has 0 saturated heterocycles. The number of hydrogen-bond donors (Lipinski definition) is 1. The fourth-order valence-electron chi connectivity index (χ4n) is 2.98. The molecule has 0 fully saturated rings. The van der Waals surface area contributed by atoms with Gasteiger partial charge in [-0.1, -0.05) is 37.6 Å². The predicted molar refractivity (Wildman–Crippen MR) is 108 cm³/mol. The Morgan fingerprint density at radius 2 is 1.74 bits per heavy atom. The molecule has 0 aliphatic heterocycles. The molecule has 0 aliphatic rings. The minimum Gasteiger partial charge on any atom is -0.352 e. The van der Waals surface area contributed by atoms with Crippen LogP contribution in [0.3, 0.4) is 0 Å². The van der Waals surface area contributed by atoms with Crippen molar-refractivity contribution < 1.29 is 9.18 Å². The van der Waals surface area contributed by atoms with Crippen molar-refractivity contribution in [2.45, 2.75) is 20.8 Å². The van der Waals surface area contributed by atoms with Crippen LogP contribution in [0, 0.1) is 18.7 Å². The first-order chi connectivity index (χ1) is 12.9. The zero-order chi connectivity index (χ0) is 19.6. The molecule has 1 amide bonds. The number of amides is 1. The van der Waals surface area contributed by atoms with Gasteiger partial charge in [0.2, 0.25) is 0 Å². The van der Waals surface area contributed by atoms with E-state index in [0.29, 0.717) is 23.0 Å². The van der Waals surface area contributed by atoms with Gasteiger partial charge < -0.3 is 9.88 Å². The van der Waals surface area contributed by atoms with Crippen molar-refractivity contribution in [3.05, 3.63) is 76.7 Å². The van der Waals surface area contributed by atoms with E-state index in [1.165, 1.54) is 12.1 Å². The zero-order valence-corrected chi connectivity index (χ0v) is 16.3. The molecule has 0 bridgehead atoms. The van der Waals surface area contributed by atoms with Gasteiger partial charge in [0.05, 0.1) is 11.3 Å². The van der Waals surface area contributed by atoms with Gasteiger partial charge in [0.1, 0.15) is 5.82 Å². The Hall–Kier alpha value is -2.59. The third-order valence-electron chi connectivity index (χ3n) is 4.39. The van der Waals surface area contributed by atoms with E-state index in [-0.39, 0.29) is 11.7 Å². The highest BCUT2D eigenvalue weighted by Gasteiger charge is 2.19. The highest BCUT2D eigenvalue weighted by atomic mass is 35.5.